The summed E-state index contributed by atoms with van der Waals surface area (Å²) >= 11 is 7.38. The first kappa shape index (κ1) is 27.1. The van der Waals surface area contributed by atoms with Crippen LogP contribution in [0.25, 0.3) is 0 Å². The number of carboxylic acid groups (broad SMARTS) is 1. The number of likely N-dealkylation sites (tertiary alicyclic amines) is 1. The number of carbonyl (C=O) groups is 2. The third-order valence-electron chi connectivity index (χ3n) is 5.91. The number of aliphatic hydroxyl groups is 1. The van der Waals surface area contributed by atoms with E-state index in [0.717, 1.165) is 18.6 Å². The highest BCUT2D eigenvalue weighted by Gasteiger charge is 2.40. The largest absolute Gasteiger partial charge is 0.481 e. The normalized spacial score (nSPS) is 18.3. The molecule has 0 aliphatic carbocycles. The Morgan fingerprint density at radius 3 is 2.45 bits per heavy atom. The number of nitrogens with zero attached hydrogens (tertiary/aromatic N) is 2. The summed E-state index contributed by atoms with van der Waals surface area (Å²) in [7, 11) is 1.00. The van der Waals surface area contributed by atoms with E-state index in [-0.39, 0.29) is 23.7 Å². The number of aliphatic hydroxyl groups excluding tert-OH is 1. The molecule has 2 aromatic rings. The molecule has 0 saturated carbocycles. The first-order chi connectivity index (χ1) is 15.6. The summed E-state index contributed by atoms with van der Waals surface area (Å²) in [6.07, 6.45) is 0.774. The number of aromatic nitrogens is 1. The first-order valence-corrected chi connectivity index (χ1v) is 12.2. The fourth-order valence-corrected chi connectivity index (χ4v) is 5.19. The van der Waals surface area contributed by atoms with Crippen molar-refractivity contribution >= 4 is 39.9 Å². The molecule has 0 radical (unpaired) electrons. The van der Waals surface area contributed by atoms with Crippen molar-refractivity contribution in [3.8, 4) is 0 Å². The molecular formula is C24H34ClN3O4S. The van der Waals surface area contributed by atoms with Crippen LogP contribution < -0.4 is 5.32 Å². The lowest BCUT2D eigenvalue weighted by Gasteiger charge is -2.45. The van der Waals surface area contributed by atoms with Crippen LogP contribution in [0.1, 0.15) is 51.3 Å². The molecule has 3 N–H and O–H groups in total. The Balaban J connectivity index is 0.00000187. The van der Waals surface area contributed by atoms with Crippen LogP contribution in [-0.2, 0) is 16.0 Å². The zero-order valence-electron chi connectivity index (χ0n) is 19.8. The third-order valence-corrected chi connectivity index (χ3v) is 6.98. The maximum Gasteiger partial charge on any atom is 0.309 e. The van der Waals surface area contributed by atoms with Gasteiger partial charge in [-0.3, -0.25) is 9.59 Å². The summed E-state index contributed by atoms with van der Waals surface area (Å²) in [5, 5.41) is 22.2. The molecule has 3 rings (SSSR count). The Kier molecular flexibility index (Phi) is 9.70. The summed E-state index contributed by atoms with van der Waals surface area (Å²) in [5.41, 5.74) is 1.69. The zero-order chi connectivity index (χ0) is 24.8. The summed E-state index contributed by atoms with van der Waals surface area (Å²) < 4.78 is 0. The number of piperidine rings is 1. The van der Waals surface area contributed by atoms with Crippen molar-refractivity contribution in [3.63, 3.8) is 0 Å². The number of rotatable bonds is 7. The van der Waals surface area contributed by atoms with Gasteiger partial charge in [-0.05, 0) is 41.4 Å². The van der Waals surface area contributed by atoms with E-state index in [9.17, 15) is 9.59 Å². The predicted octanol–water partition coefficient (Wildman–Crippen LogP) is 4.51. The molecule has 0 spiro atoms. The molecule has 1 saturated heterocycles. The molecule has 1 aliphatic heterocycles. The summed E-state index contributed by atoms with van der Waals surface area (Å²) in [4.78, 5) is 30.6. The van der Waals surface area contributed by atoms with Crippen LogP contribution in [0.4, 0.5) is 5.13 Å². The number of anilines is 1. The van der Waals surface area contributed by atoms with Gasteiger partial charge in [0.1, 0.15) is 6.04 Å². The third kappa shape index (κ3) is 7.16. The first-order valence-electron chi connectivity index (χ1n) is 11.0. The fourth-order valence-electron chi connectivity index (χ4n) is 4.31. The van der Waals surface area contributed by atoms with Gasteiger partial charge in [0.05, 0.1) is 12.1 Å². The van der Waals surface area contributed by atoms with E-state index in [1.54, 1.807) is 5.38 Å². The molecule has 1 aliphatic rings. The lowest BCUT2D eigenvalue weighted by Crippen LogP contribution is -2.53. The molecule has 1 aromatic heterocycles. The minimum absolute atomic E-state index is 0.0626. The predicted molar refractivity (Wildman–Crippen MR) is 133 cm³/mol. The Morgan fingerprint density at radius 1 is 1.27 bits per heavy atom. The summed E-state index contributed by atoms with van der Waals surface area (Å²) in [6.45, 7) is 9.81. The van der Waals surface area contributed by atoms with E-state index in [0.29, 0.717) is 29.8 Å². The number of aliphatic carboxylic acids is 1. The number of carbonyl (C=O) groups excluding carboxylic acids is 1. The van der Waals surface area contributed by atoms with Gasteiger partial charge in [-0.1, -0.05) is 51.4 Å². The van der Waals surface area contributed by atoms with Crippen LogP contribution in [0.2, 0.25) is 5.02 Å². The topological polar surface area (TPSA) is 103 Å². The van der Waals surface area contributed by atoms with Crippen LogP contribution >= 0.6 is 22.9 Å². The van der Waals surface area contributed by atoms with Crippen LogP contribution in [0.3, 0.4) is 0 Å². The maximum absolute atomic E-state index is 13.4. The van der Waals surface area contributed by atoms with Gasteiger partial charge in [0.2, 0.25) is 5.91 Å². The SMILES string of the molecule is CC(C)C(Nc1nc(CC(=O)O)cs1)C(=O)N1CCC(c2ccc(Cl)cc2)C(C)(C)C1.CO. The Labute approximate surface area is 204 Å². The van der Waals surface area contributed by atoms with Crippen molar-refractivity contribution in [3.05, 3.63) is 45.9 Å². The monoisotopic (exact) mass is 495 g/mol. The standard InChI is InChI=1S/C23H30ClN3O3S.CH4O/c1-14(2)20(26-22-25-17(12-31-22)11-19(28)29)21(30)27-10-9-18(23(3,4)13-27)15-5-7-16(24)8-6-15;1-2/h5-8,12,14,18,20H,9-11,13H2,1-4H3,(H,25,26)(H,28,29);2H,1H3. The molecule has 7 nitrogen and oxygen atoms in total. The van der Waals surface area contributed by atoms with E-state index in [1.807, 2.05) is 30.9 Å². The Morgan fingerprint density at radius 2 is 1.91 bits per heavy atom. The van der Waals surface area contributed by atoms with Gasteiger partial charge in [-0.2, -0.15) is 0 Å². The number of benzene rings is 1. The molecule has 182 valence electrons. The van der Waals surface area contributed by atoms with Gasteiger partial charge in [0.25, 0.3) is 0 Å². The lowest BCUT2D eigenvalue weighted by molar-refractivity contribution is -0.137. The lowest BCUT2D eigenvalue weighted by atomic mass is 9.70. The number of thiazole rings is 1. The maximum atomic E-state index is 13.4. The number of amides is 1. The van der Waals surface area contributed by atoms with Gasteiger partial charge < -0.3 is 20.4 Å². The molecule has 2 unspecified atom stereocenters. The number of nitrogens with one attached hydrogen (secondary N) is 1. The molecule has 1 aromatic carbocycles. The van der Waals surface area contributed by atoms with Gasteiger partial charge in [-0.15, -0.1) is 11.3 Å². The van der Waals surface area contributed by atoms with Gasteiger partial charge in [0, 0.05) is 30.6 Å². The number of hydrogen-bond acceptors (Lipinski definition) is 6. The van der Waals surface area contributed by atoms with Gasteiger partial charge >= 0.3 is 5.97 Å². The molecule has 1 fully saturated rings. The quantitative estimate of drug-likeness (QED) is 0.522. The van der Waals surface area contributed by atoms with Crippen molar-refractivity contribution in [1.82, 2.24) is 9.88 Å². The van der Waals surface area contributed by atoms with Gasteiger partial charge in [-0.25, -0.2) is 4.98 Å². The van der Waals surface area contributed by atoms with Gasteiger partial charge in [0.15, 0.2) is 5.13 Å². The second-order valence-corrected chi connectivity index (χ2v) is 10.5. The van der Waals surface area contributed by atoms with Crippen LogP contribution in [-0.4, -0.2) is 58.2 Å². The smallest absolute Gasteiger partial charge is 0.309 e. The van der Waals surface area contributed by atoms with Crippen LogP contribution in [0, 0.1) is 11.3 Å². The highest BCUT2D eigenvalue weighted by molar-refractivity contribution is 7.13. The highest BCUT2D eigenvalue weighted by atomic mass is 35.5. The molecule has 2 atom stereocenters. The fraction of sp³-hybridized carbons (Fsp3) is 0.542. The second-order valence-electron chi connectivity index (χ2n) is 9.22. The molecular weight excluding hydrogens is 462 g/mol. The number of carboxylic acids is 1. The number of hydrogen-bond donors (Lipinski definition) is 3. The highest BCUT2D eigenvalue weighted by Crippen LogP contribution is 2.42. The van der Waals surface area contributed by atoms with E-state index < -0.39 is 12.0 Å². The molecule has 9 heteroatoms. The molecule has 33 heavy (non-hydrogen) atoms. The van der Waals surface area contributed by atoms with Crippen LogP contribution in [0.15, 0.2) is 29.6 Å². The molecule has 0 bridgehead atoms. The van der Waals surface area contributed by atoms with E-state index >= 15 is 0 Å². The number of halogens is 1. The summed E-state index contributed by atoms with van der Waals surface area (Å²) in [5.74, 6) is -0.431. The van der Waals surface area contributed by atoms with Crippen molar-refractivity contribution < 1.29 is 19.8 Å². The van der Waals surface area contributed by atoms with Crippen molar-refractivity contribution in [1.29, 1.82) is 0 Å². The second kappa shape index (κ2) is 11.8. The molecule has 2 heterocycles. The van der Waals surface area contributed by atoms with E-state index in [4.69, 9.17) is 21.8 Å². The average molecular weight is 496 g/mol. The minimum Gasteiger partial charge on any atom is -0.481 e. The summed E-state index contributed by atoms with van der Waals surface area (Å²) in [6, 6.07) is 7.61. The zero-order valence-corrected chi connectivity index (χ0v) is 21.4. The van der Waals surface area contributed by atoms with Crippen LogP contribution in [0.5, 0.6) is 0 Å². The average Bonchev–Trinajstić information content (AvgIpc) is 3.19. The molecule has 1 amide bonds. The van der Waals surface area contributed by atoms with Crippen molar-refractivity contribution in [2.45, 2.75) is 52.5 Å². The van der Waals surface area contributed by atoms with Crippen molar-refractivity contribution in [2.24, 2.45) is 11.3 Å². The Hall–Kier alpha value is -2.16. The van der Waals surface area contributed by atoms with E-state index in [1.165, 1.54) is 16.9 Å². The minimum atomic E-state index is -0.917. The Bertz CT molecular complexity index is 930. The van der Waals surface area contributed by atoms with Crippen molar-refractivity contribution in [2.75, 3.05) is 25.5 Å². The van der Waals surface area contributed by atoms with E-state index in [2.05, 4.69) is 36.3 Å².